The van der Waals surface area contributed by atoms with Crippen molar-refractivity contribution < 1.29 is 0 Å². The summed E-state index contributed by atoms with van der Waals surface area (Å²) in [6.45, 7) is 0. The van der Waals surface area contributed by atoms with E-state index >= 15 is 0 Å². The minimum atomic E-state index is 1.14. The molecule has 226 valence electrons. The van der Waals surface area contributed by atoms with Gasteiger partial charge in [0.05, 0.1) is 5.69 Å². The second-order valence-electron chi connectivity index (χ2n) is 13.3. The molecule has 0 bridgehead atoms. The van der Waals surface area contributed by atoms with Crippen molar-refractivity contribution in [2.45, 2.75) is 0 Å². The first-order chi connectivity index (χ1) is 24.3. The molecule has 0 saturated heterocycles. The van der Waals surface area contributed by atoms with Crippen molar-refractivity contribution in [2.75, 3.05) is 4.90 Å². The van der Waals surface area contributed by atoms with Crippen LogP contribution in [0.25, 0.3) is 86.2 Å². The third-order valence-corrected chi connectivity index (χ3v) is 10.7. The lowest BCUT2D eigenvalue weighted by Gasteiger charge is -2.29. The number of benzene rings is 10. The Kier molecular flexibility index (Phi) is 5.45. The van der Waals surface area contributed by atoms with Crippen molar-refractivity contribution in [3.05, 3.63) is 176 Å². The van der Waals surface area contributed by atoms with Gasteiger partial charge in [-0.1, -0.05) is 146 Å². The predicted molar refractivity (Wildman–Crippen MR) is 212 cm³/mol. The summed E-state index contributed by atoms with van der Waals surface area (Å²) in [5.41, 5.74) is 3.45. The van der Waals surface area contributed by atoms with Crippen molar-refractivity contribution in [2.24, 2.45) is 0 Å². The molecule has 0 saturated carbocycles. The molecule has 1 nitrogen and oxygen atoms in total. The van der Waals surface area contributed by atoms with Crippen LogP contribution in [-0.2, 0) is 0 Å². The van der Waals surface area contributed by atoms with Gasteiger partial charge < -0.3 is 4.90 Å². The molecule has 0 unspecified atom stereocenters. The largest absolute Gasteiger partial charge is 0.310 e. The fourth-order valence-electron chi connectivity index (χ4n) is 8.53. The van der Waals surface area contributed by atoms with Crippen LogP contribution in [0.15, 0.2) is 176 Å². The Morgan fingerprint density at radius 2 is 0.633 bits per heavy atom. The Hall–Kier alpha value is -6.44. The molecule has 0 radical (unpaired) electrons. The quantitative estimate of drug-likeness (QED) is 0.178. The maximum atomic E-state index is 2.47. The Balaban J connectivity index is 1.35. The monoisotopic (exact) mass is 619 g/mol. The lowest BCUT2D eigenvalue weighted by atomic mass is 9.87. The van der Waals surface area contributed by atoms with E-state index in [1.54, 1.807) is 0 Å². The van der Waals surface area contributed by atoms with E-state index in [1.807, 2.05) is 0 Å². The normalized spacial score (nSPS) is 12.1. The fourth-order valence-corrected chi connectivity index (χ4v) is 8.53. The van der Waals surface area contributed by atoms with Gasteiger partial charge in [0, 0.05) is 22.1 Å². The van der Waals surface area contributed by atoms with Gasteiger partial charge in [0.2, 0.25) is 0 Å². The third kappa shape index (κ3) is 3.82. The molecule has 49 heavy (non-hydrogen) atoms. The first kappa shape index (κ1) is 26.6. The van der Waals surface area contributed by atoms with E-state index in [9.17, 15) is 0 Å². The summed E-state index contributed by atoms with van der Waals surface area (Å²) in [6.07, 6.45) is 0. The average molecular weight is 620 g/mol. The molecule has 11 rings (SSSR count). The minimum Gasteiger partial charge on any atom is -0.310 e. The molecule has 0 N–H and O–H groups in total. The summed E-state index contributed by atoms with van der Waals surface area (Å²) < 4.78 is 0. The van der Waals surface area contributed by atoms with Gasteiger partial charge in [-0.25, -0.2) is 0 Å². The Labute approximate surface area is 283 Å². The van der Waals surface area contributed by atoms with Crippen LogP contribution in [0.5, 0.6) is 0 Å². The van der Waals surface area contributed by atoms with Crippen LogP contribution in [-0.4, -0.2) is 0 Å². The van der Waals surface area contributed by atoms with E-state index in [4.69, 9.17) is 0 Å². The summed E-state index contributed by atoms with van der Waals surface area (Å²) in [5.74, 6) is 0. The molecule has 0 aliphatic heterocycles. The van der Waals surface area contributed by atoms with Gasteiger partial charge >= 0.3 is 0 Å². The SMILES string of the molecule is c1ccc2cc(N(c3ccc4ccccc4c3)c3cc4cccc5c6cccc7ccc8cccc(c9cccc3c9c45)c8c76)ccc2c1. The first-order valence-corrected chi connectivity index (χ1v) is 17.0. The summed E-state index contributed by atoms with van der Waals surface area (Å²) in [7, 11) is 0. The smallest absolute Gasteiger partial charge is 0.0546 e. The lowest BCUT2D eigenvalue weighted by Crippen LogP contribution is -2.11. The van der Waals surface area contributed by atoms with Crippen molar-refractivity contribution in [1.82, 2.24) is 0 Å². The third-order valence-electron chi connectivity index (χ3n) is 10.7. The van der Waals surface area contributed by atoms with Gasteiger partial charge in [0.25, 0.3) is 0 Å². The summed E-state index contributed by atoms with van der Waals surface area (Å²) >= 11 is 0. The highest BCUT2D eigenvalue weighted by Crippen LogP contribution is 2.48. The molecule has 0 heterocycles. The zero-order valence-electron chi connectivity index (χ0n) is 26.7. The van der Waals surface area contributed by atoms with E-state index in [1.165, 1.54) is 91.9 Å². The zero-order chi connectivity index (χ0) is 32.1. The van der Waals surface area contributed by atoms with Crippen molar-refractivity contribution in [3.8, 4) is 0 Å². The standard InChI is InChI=1S/C48H29N/c1-3-11-34-27-37(25-23-30(34)9-1)49(38-26-24-31-10-2-4-12-35(31)28-38)44-29-36-15-7-18-40-39-16-5-13-32-21-22-33-14-6-17-41(46(33)45(32)39)42-19-8-20-43(44)48(42)47(36)40/h1-29H. The number of hydrogen-bond donors (Lipinski definition) is 0. The number of hydrogen-bond acceptors (Lipinski definition) is 1. The highest BCUT2D eigenvalue weighted by atomic mass is 15.1. The van der Waals surface area contributed by atoms with E-state index in [-0.39, 0.29) is 0 Å². The molecule has 0 spiro atoms. The van der Waals surface area contributed by atoms with Crippen LogP contribution in [0, 0.1) is 0 Å². The molecular formula is C48H29N. The lowest BCUT2D eigenvalue weighted by molar-refractivity contribution is 1.31. The molecule has 0 atom stereocenters. The van der Waals surface area contributed by atoms with Crippen molar-refractivity contribution in [1.29, 1.82) is 0 Å². The first-order valence-electron chi connectivity index (χ1n) is 17.0. The van der Waals surface area contributed by atoms with Crippen LogP contribution in [0.4, 0.5) is 17.1 Å². The summed E-state index contributed by atoms with van der Waals surface area (Å²) in [5, 5.41) is 20.4. The molecule has 11 aromatic carbocycles. The van der Waals surface area contributed by atoms with Gasteiger partial charge in [0.15, 0.2) is 0 Å². The van der Waals surface area contributed by atoms with Gasteiger partial charge in [0.1, 0.15) is 0 Å². The van der Waals surface area contributed by atoms with Gasteiger partial charge in [-0.3, -0.25) is 0 Å². The number of anilines is 3. The summed E-state index contributed by atoms with van der Waals surface area (Å²) in [4.78, 5) is 2.47. The highest BCUT2D eigenvalue weighted by Gasteiger charge is 2.21. The summed E-state index contributed by atoms with van der Waals surface area (Å²) in [6, 6.07) is 65.3. The number of nitrogens with zero attached hydrogens (tertiary/aromatic N) is 1. The van der Waals surface area contributed by atoms with Crippen molar-refractivity contribution >= 4 is 103 Å². The highest BCUT2D eigenvalue weighted by molar-refractivity contribution is 6.38. The topological polar surface area (TPSA) is 3.24 Å². The van der Waals surface area contributed by atoms with E-state index in [0.29, 0.717) is 0 Å². The maximum Gasteiger partial charge on any atom is 0.0546 e. The Morgan fingerprint density at radius 3 is 1.18 bits per heavy atom. The minimum absolute atomic E-state index is 1.14. The molecule has 0 amide bonds. The van der Waals surface area contributed by atoms with Gasteiger partial charge in [-0.2, -0.15) is 0 Å². The van der Waals surface area contributed by atoms with E-state index < -0.39 is 0 Å². The van der Waals surface area contributed by atoms with Crippen LogP contribution < -0.4 is 4.90 Å². The number of fused-ring (bicyclic) bond motifs is 4. The van der Waals surface area contributed by atoms with Gasteiger partial charge in [-0.05, 0) is 106 Å². The zero-order valence-corrected chi connectivity index (χ0v) is 26.7. The van der Waals surface area contributed by atoms with E-state index in [0.717, 1.165) is 11.4 Å². The molecule has 0 aliphatic rings. The second-order valence-corrected chi connectivity index (χ2v) is 13.3. The fraction of sp³-hybridized carbons (Fsp3) is 0. The molecule has 0 aliphatic carbocycles. The van der Waals surface area contributed by atoms with Crippen LogP contribution in [0.2, 0.25) is 0 Å². The molecule has 0 fully saturated rings. The molecule has 1 heteroatoms. The Morgan fingerprint density at radius 1 is 0.245 bits per heavy atom. The second kappa shape index (κ2) is 10.0. The van der Waals surface area contributed by atoms with Crippen molar-refractivity contribution in [3.63, 3.8) is 0 Å². The van der Waals surface area contributed by atoms with Crippen LogP contribution in [0.1, 0.15) is 0 Å². The van der Waals surface area contributed by atoms with E-state index in [2.05, 4.69) is 181 Å². The van der Waals surface area contributed by atoms with Crippen LogP contribution in [0.3, 0.4) is 0 Å². The molecule has 0 aromatic heterocycles. The average Bonchev–Trinajstić information content (AvgIpc) is 3.16. The number of rotatable bonds is 3. The van der Waals surface area contributed by atoms with Gasteiger partial charge in [-0.15, -0.1) is 0 Å². The molecule has 11 aromatic rings. The maximum absolute atomic E-state index is 2.47. The molecular weight excluding hydrogens is 591 g/mol. The van der Waals surface area contributed by atoms with Crippen LogP contribution >= 0.6 is 0 Å². The predicted octanol–water partition coefficient (Wildman–Crippen LogP) is 13.8. The Bertz CT molecular complexity index is 3040.